The van der Waals surface area contributed by atoms with Crippen molar-refractivity contribution in [3.05, 3.63) is 35.4 Å². The zero-order valence-electron chi connectivity index (χ0n) is 9.98. The molecule has 4 aliphatic rings. The van der Waals surface area contributed by atoms with Gasteiger partial charge in [0.15, 0.2) is 0 Å². The minimum atomic E-state index is 0.337. The van der Waals surface area contributed by atoms with Crippen LogP contribution in [-0.4, -0.2) is 24.2 Å². The Labute approximate surface area is 105 Å². The van der Waals surface area contributed by atoms with Gasteiger partial charge in [-0.25, -0.2) is 0 Å². The van der Waals surface area contributed by atoms with Crippen LogP contribution >= 0.6 is 0 Å². The average Bonchev–Trinajstić information content (AvgIpc) is 2.93. The normalized spacial score (nSPS) is 46.0. The van der Waals surface area contributed by atoms with Gasteiger partial charge >= 0.3 is 0 Å². The smallest absolute Gasteiger partial charge is 0.0819 e. The van der Waals surface area contributed by atoms with E-state index < -0.39 is 0 Å². The highest BCUT2D eigenvalue weighted by atomic mass is 15.3. The molecule has 0 amide bonds. The largest absolute Gasteiger partial charge is 0.190 e. The van der Waals surface area contributed by atoms with Crippen LogP contribution < -0.4 is 0 Å². The molecule has 4 heteroatoms. The molecule has 18 heavy (non-hydrogen) atoms. The Kier molecular flexibility index (Phi) is 1.59. The molecule has 4 nitrogen and oxygen atoms in total. The molecule has 0 radical (unpaired) electrons. The van der Waals surface area contributed by atoms with Crippen LogP contribution in [0.5, 0.6) is 0 Å². The Morgan fingerprint density at radius 1 is 0.667 bits per heavy atom. The van der Waals surface area contributed by atoms with E-state index in [1.54, 1.807) is 0 Å². The van der Waals surface area contributed by atoms with E-state index in [1.165, 1.54) is 11.1 Å². The highest BCUT2D eigenvalue weighted by Gasteiger charge is 2.52. The van der Waals surface area contributed by atoms with Crippen molar-refractivity contribution in [2.45, 2.75) is 48.8 Å². The quantitative estimate of drug-likeness (QED) is 0.667. The van der Waals surface area contributed by atoms with E-state index in [2.05, 4.69) is 44.7 Å². The van der Waals surface area contributed by atoms with Crippen LogP contribution in [0, 0.1) is 0 Å². The van der Waals surface area contributed by atoms with E-state index in [4.69, 9.17) is 0 Å². The van der Waals surface area contributed by atoms with Gasteiger partial charge in [-0.05, 0) is 24.0 Å². The third kappa shape index (κ3) is 0.982. The summed E-state index contributed by atoms with van der Waals surface area (Å²) >= 11 is 0. The lowest BCUT2D eigenvalue weighted by atomic mass is 9.81. The van der Waals surface area contributed by atoms with E-state index in [0.717, 1.165) is 12.8 Å². The van der Waals surface area contributed by atoms with Gasteiger partial charge in [0, 0.05) is 11.8 Å². The van der Waals surface area contributed by atoms with E-state index in [0.29, 0.717) is 36.0 Å². The Morgan fingerprint density at radius 3 is 1.44 bits per heavy atom. The molecule has 1 aromatic carbocycles. The Bertz CT molecular complexity index is 504. The van der Waals surface area contributed by atoms with Crippen LogP contribution in [0.2, 0.25) is 0 Å². The first-order chi connectivity index (χ1) is 8.92. The summed E-state index contributed by atoms with van der Waals surface area (Å²) in [4.78, 5) is 0. The monoisotopic (exact) mass is 238 g/mol. The summed E-state index contributed by atoms with van der Waals surface area (Å²) in [6.45, 7) is 0. The van der Waals surface area contributed by atoms with Crippen molar-refractivity contribution in [3.63, 3.8) is 0 Å². The van der Waals surface area contributed by atoms with Gasteiger partial charge in [-0.2, -0.15) is 20.5 Å². The van der Waals surface area contributed by atoms with Crippen LogP contribution in [0.4, 0.5) is 0 Å². The second-order valence-corrected chi connectivity index (χ2v) is 5.88. The highest BCUT2D eigenvalue weighted by molar-refractivity contribution is 5.42. The molecule has 0 N–H and O–H groups in total. The summed E-state index contributed by atoms with van der Waals surface area (Å²) < 4.78 is 0. The molecule has 2 unspecified atom stereocenters. The number of hydrogen-bond donors (Lipinski definition) is 0. The van der Waals surface area contributed by atoms with Gasteiger partial charge in [0.05, 0.1) is 24.2 Å². The minimum Gasteiger partial charge on any atom is -0.190 e. The number of benzene rings is 1. The first-order valence-corrected chi connectivity index (χ1v) is 6.80. The maximum absolute atomic E-state index is 4.54. The lowest BCUT2D eigenvalue weighted by Crippen LogP contribution is -2.30. The summed E-state index contributed by atoms with van der Waals surface area (Å²) in [5, 5.41) is 18.2. The van der Waals surface area contributed by atoms with Gasteiger partial charge in [-0.3, -0.25) is 0 Å². The van der Waals surface area contributed by atoms with Crippen molar-refractivity contribution in [1.82, 2.24) is 0 Å². The second-order valence-electron chi connectivity index (χ2n) is 5.88. The van der Waals surface area contributed by atoms with Crippen LogP contribution in [0.15, 0.2) is 44.7 Å². The lowest BCUT2D eigenvalue weighted by molar-refractivity contribution is 0.386. The average molecular weight is 238 g/mol. The SMILES string of the molecule is c1ccc2c(c1)C1[C@@H]3C[C@H]4N=N[C@@H](C[C@H]1N=N3)C24. The van der Waals surface area contributed by atoms with Crippen molar-refractivity contribution in [2.24, 2.45) is 20.5 Å². The van der Waals surface area contributed by atoms with Crippen LogP contribution in [0.3, 0.4) is 0 Å². The number of rotatable bonds is 0. The van der Waals surface area contributed by atoms with Gasteiger partial charge < -0.3 is 0 Å². The van der Waals surface area contributed by atoms with Gasteiger partial charge in [-0.15, -0.1) is 0 Å². The molecule has 6 atom stereocenters. The number of nitrogens with zero attached hydrogens (tertiary/aromatic N) is 4. The Hall–Kier alpha value is -1.58. The van der Waals surface area contributed by atoms with Crippen LogP contribution in [0.25, 0.3) is 0 Å². The third-order valence-corrected chi connectivity index (χ3v) is 5.06. The molecule has 2 bridgehead atoms. The zero-order valence-corrected chi connectivity index (χ0v) is 9.98. The Morgan fingerprint density at radius 2 is 1.06 bits per heavy atom. The fourth-order valence-corrected chi connectivity index (χ4v) is 4.36. The molecule has 90 valence electrons. The maximum atomic E-state index is 4.54. The summed E-state index contributed by atoms with van der Waals surface area (Å²) in [5.74, 6) is 0.976. The molecule has 2 heterocycles. The zero-order chi connectivity index (χ0) is 11.7. The molecular weight excluding hydrogens is 224 g/mol. The molecule has 0 fully saturated rings. The standard InChI is InChI=1S/C14H14N4/c1-2-4-8-7(3-1)13-9-5-11-14(8)12(18-17-11)6-10(13)16-15-9/h1-4,9-14H,5-6H2/t9-,10+,11+,12-,13?,14?. The summed E-state index contributed by atoms with van der Waals surface area (Å²) in [6, 6.07) is 10.2. The summed E-state index contributed by atoms with van der Waals surface area (Å²) in [7, 11) is 0. The molecule has 0 spiro atoms. The molecule has 2 aliphatic carbocycles. The molecule has 0 saturated heterocycles. The number of azo groups is 2. The minimum absolute atomic E-state index is 0.337. The van der Waals surface area contributed by atoms with Gasteiger partial charge in [0.25, 0.3) is 0 Å². The second kappa shape index (κ2) is 3.05. The lowest BCUT2D eigenvalue weighted by Gasteiger charge is -2.23. The topological polar surface area (TPSA) is 49.4 Å². The first-order valence-electron chi connectivity index (χ1n) is 6.80. The molecule has 0 aromatic heterocycles. The summed E-state index contributed by atoms with van der Waals surface area (Å²) in [6.07, 6.45) is 2.06. The molecule has 2 aliphatic heterocycles. The highest BCUT2D eigenvalue weighted by Crippen LogP contribution is 2.53. The third-order valence-electron chi connectivity index (χ3n) is 5.06. The molecule has 0 saturated carbocycles. The predicted molar refractivity (Wildman–Crippen MR) is 66.0 cm³/mol. The predicted octanol–water partition coefficient (Wildman–Crippen LogP) is 3.07. The van der Waals surface area contributed by atoms with Crippen molar-refractivity contribution >= 4 is 0 Å². The van der Waals surface area contributed by atoms with Gasteiger partial charge in [0.2, 0.25) is 0 Å². The molecule has 1 aromatic rings. The van der Waals surface area contributed by atoms with Crippen LogP contribution in [0.1, 0.15) is 35.8 Å². The molecular formula is C14H14N4. The van der Waals surface area contributed by atoms with Crippen molar-refractivity contribution in [3.8, 4) is 0 Å². The number of hydrogen-bond acceptors (Lipinski definition) is 4. The molecule has 5 rings (SSSR count). The van der Waals surface area contributed by atoms with E-state index in [9.17, 15) is 0 Å². The van der Waals surface area contributed by atoms with Crippen molar-refractivity contribution < 1.29 is 0 Å². The Balaban J connectivity index is 1.82. The van der Waals surface area contributed by atoms with Crippen molar-refractivity contribution in [2.75, 3.05) is 0 Å². The first kappa shape index (κ1) is 9.36. The maximum Gasteiger partial charge on any atom is 0.0819 e. The fourth-order valence-electron chi connectivity index (χ4n) is 4.36. The van der Waals surface area contributed by atoms with Gasteiger partial charge in [-0.1, -0.05) is 24.3 Å². The van der Waals surface area contributed by atoms with Crippen LogP contribution in [-0.2, 0) is 0 Å². The van der Waals surface area contributed by atoms with Crippen molar-refractivity contribution in [1.29, 1.82) is 0 Å². The van der Waals surface area contributed by atoms with E-state index in [-0.39, 0.29) is 0 Å². The van der Waals surface area contributed by atoms with E-state index in [1.807, 2.05) is 0 Å². The summed E-state index contributed by atoms with van der Waals surface area (Å²) in [5.41, 5.74) is 2.94. The fraction of sp³-hybridized carbons (Fsp3) is 0.571. The van der Waals surface area contributed by atoms with E-state index >= 15 is 0 Å². The van der Waals surface area contributed by atoms with Gasteiger partial charge in [0.1, 0.15) is 0 Å².